The third-order valence-corrected chi connectivity index (χ3v) is 7.71. The lowest BCUT2D eigenvalue weighted by atomic mass is 10.1. The molecule has 1 amide bonds. The summed E-state index contributed by atoms with van der Waals surface area (Å²) in [4.78, 5) is 13.1. The Bertz CT molecular complexity index is 1310. The molecule has 1 aliphatic heterocycles. The van der Waals surface area contributed by atoms with Crippen molar-refractivity contribution in [3.63, 3.8) is 0 Å². The van der Waals surface area contributed by atoms with E-state index in [1.807, 2.05) is 6.92 Å². The number of anilines is 2. The topological polar surface area (TPSA) is 84.9 Å². The summed E-state index contributed by atoms with van der Waals surface area (Å²) in [7, 11) is -0.714. The van der Waals surface area contributed by atoms with Crippen LogP contribution in [0.5, 0.6) is 11.5 Å². The molecule has 3 aromatic rings. The fourth-order valence-corrected chi connectivity index (χ4v) is 5.76. The Morgan fingerprint density at radius 3 is 2.42 bits per heavy atom. The van der Waals surface area contributed by atoms with Crippen molar-refractivity contribution in [2.24, 2.45) is 0 Å². The van der Waals surface area contributed by atoms with E-state index in [9.17, 15) is 13.2 Å². The number of sulfonamides is 1. The zero-order chi connectivity index (χ0) is 23.8. The van der Waals surface area contributed by atoms with Crippen molar-refractivity contribution in [1.82, 2.24) is 0 Å². The second-order valence-corrected chi connectivity index (χ2v) is 9.92. The number of rotatable bonds is 6. The summed E-state index contributed by atoms with van der Waals surface area (Å²) in [5, 5.41) is 3.30. The number of benzene rings is 3. The lowest BCUT2D eigenvalue weighted by Gasteiger charge is -2.24. The van der Waals surface area contributed by atoms with Gasteiger partial charge in [-0.3, -0.25) is 9.10 Å². The standard InChI is InChI=1S/C24H23ClN2O5S/c1-15-12-17-13-16(24(28)26-21-14-19(31-2)7-11-23(21)32-3)4-10-22(17)27(15)33(29,30)20-8-5-18(25)6-9-20/h4-11,13-15H,12H2,1-3H3,(H,26,28)/t15-/m1/s1. The minimum absolute atomic E-state index is 0.165. The van der Waals surface area contributed by atoms with Gasteiger partial charge in [-0.2, -0.15) is 0 Å². The Morgan fingerprint density at radius 1 is 1.03 bits per heavy atom. The Balaban J connectivity index is 1.63. The average Bonchev–Trinajstić information content (AvgIpc) is 3.14. The van der Waals surface area contributed by atoms with Gasteiger partial charge in [-0.15, -0.1) is 0 Å². The van der Waals surface area contributed by atoms with Crippen LogP contribution in [0.3, 0.4) is 0 Å². The lowest BCUT2D eigenvalue weighted by molar-refractivity contribution is 0.102. The van der Waals surface area contributed by atoms with Crippen LogP contribution in [0.25, 0.3) is 0 Å². The maximum atomic E-state index is 13.3. The molecule has 3 aromatic carbocycles. The molecule has 7 nitrogen and oxygen atoms in total. The van der Waals surface area contributed by atoms with Gasteiger partial charge in [0, 0.05) is 22.7 Å². The molecule has 1 aliphatic rings. The zero-order valence-corrected chi connectivity index (χ0v) is 19.9. The van der Waals surface area contributed by atoms with Crippen molar-refractivity contribution in [3.8, 4) is 11.5 Å². The van der Waals surface area contributed by atoms with Gasteiger partial charge in [0.2, 0.25) is 0 Å². The van der Waals surface area contributed by atoms with E-state index < -0.39 is 10.0 Å². The fraction of sp³-hybridized carbons (Fsp3) is 0.208. The molecular weight excluding hydrogens is 464 g/mol. The van der Waals surface area contributed by atoms with Crippen molar-refractivity contribution in [2.75, 3.05) is 23.8 Å². The minimum Gasteiger partial charge on any atom is -0.497 e. The second kappa shape index (κ2) is 8.96. The van der Waals surface area contributed by atoms with Gasteiger partial charge in [-0.1, -0.05) is 11.6 Å². The van der Waals surface area contributed by atoms with Crippen molar-refractivity contribution in [3.05, 3.63) is 76.8 Å². The summed E-state index contributed by atoms with van der Waals surface area (Å²) in [5.74, 6) is 0.743. The number of ether oxygens (including phenoxy) is 2. The highest BCUT2D eigenvalue weighted by Gasteiger charge is 2.36. The summed E-state index contributed by atoms with van der Waals surface area (Å²) in [5.41, 5.74) is 2.23. The smallest absolute Gasteiger partial charge is 0.264 e. The van der Waals surface area contributed by atoms with Gasteiger partial charge in [0.15, 0.2) is 0 Å². The molecule has 0 fully saturated rings. The molecule has 33 heavy (non-hydrogen) atoms. The Morgan fingerprint density at radius 2 is 1.76 bits per heavy atom. The van der Waals surface area contributed by atoms with Crippen LogP contribution in [0.1, 0.15) is 22.8 Å². The Kier molecular flexibility index (Phi) is 6.23. The van der Waals surface area contributed by atoms with Gasteiger partial charge in [0.1, 0.15) is 11.5 Å². The SMILES string of the molecule is COc1ccc(OC)c(NC(=O)c2ccc3c(c2)C[C@@H](C)N3S(=O)(=O)c2ccc(Cl)cc2)c1. The molecular formula is C24H23ClN2O5S. The monoisotopic (exact) mass is 486 g/mol. The molecule has 0 aliphatic carbocycles. The van der Waals surface area contributed by atoms with Gasteiger partial charge in [-0.05, 0) is 73.5 Å². The van der Waals surface area contributed by atoms with Crippen LogP contribution in [-0.4, -0.2) is 34.6 Å². The van der Waals surface area contributed by atoms with E-state index in [2.05, 4.69) is 5.32 Å². The summed E-state index contributed by atoms with van der Waals surface area (Å²) in [6, 6.07) is 15.9. The third kappa shape index (κ3) is 4.36. The molecule has 0 bridgehead atoms. The first-order valence-corrected chi connectivity index (χ1v) is 12.0. The molecule has 1 N–H and O–H groups in total. The van der Waals surface area contributed by atoms with Crippen LogP contribution >= 0.6 is 11.6 Å². The van der Waals surface area contributed by atoms with E-state index >= 15 is 0 Å². The van der Waals surface area contributed by atoms with Crippen molar-refractivity contribution < 1.29 is 22.7 Å². The summed E-state index contributed by atoms with van der Waals surface area (Å²) in [6.07, 6.45) is 0.492. The predicted molar refractivity (Wildman–Crippen MR) is 128 cm³/mol. The minimum atomic E-state index is -3.77. The number of hydrogen-bond acceptors (Lipinski definition) is 5. The van der Waals surface area contributed by atoms with Gasteiger partial charge in [0.25, 0.3) is 15.9 Å². The number of nitrogens with zero attached hydrogens (tertiary/aromatic N) is 1. The third-order valence-electron chi connectivity index (χ3n) is 5.52. The van der Waals surface area contributed by atoms with Gasteiger partial charge in [0.05, 0.1) is 30.5 Å². The number of fused-ring (bicyclic) bond motifs is 1. The van der Waals surface area contributed by atoms with Crippen LogP contribution in [0.2, 0.25) is 5.02 Å². The normalized spacial score (nSPS) is 15.2. The van der Waals surface area contributed by atoms with Gasteiger partial charge in [-0.25, -0.2) is 8.42 Å². The van der Waals surface area contributed by atoms with Crippen LogP contribution in [-0.2, 0) is 16.4 Å². The van der Waals surface area contributed by atoms with Crippen LogP contribution in [0, 0.1) is 0 Å². The van der Waals surface area contributed by atoms with Crippen LogP contribution in [0.15, 0.2) is 65.6 Å². The quantitative estimate of drug-likeness (QED) is 0.543. The number of nitrogens with one attached hydrogen (secondary N) is 1. The second-order valence-electron chi connectivity index (χ2n) is 7.67. The highest BCUT2D eigenvalue weighted by Crippen LogP contribution is 2.38. The first-order valence-electron chi connectivity index (χ1n) is 10.2. The fourth-order valence-electron chi connectivity index (χ4n) is 3.94. The molecule has 0 radical (unpaired) electrons. The molecule has 0 spiro atoms. The van der Waals surface area contributed by atoms with Gasteiger partial charge >= 0.3 is 0 Å². The molecule has 4 rings (SSSR count). The summed E-state index contributed by atoms with van der Waals surface area (Å²) in [6.45, 7) is 1.84. The molecule has 0 unspecified atom stereocenters. The van der Waals surface area contributed by atoms with Gasteiger partial charge < -0.3 is 14.8 Å². The van der Waals surface area contributed by atoms with E-state index in [0.717, 1.165) is 5.56 Å². The first-order chi connectivity index (χ1) is 15.7. The maximum absolute atomic E-state index is 13.3. The molecule has 1 atom stereocenters. The number of hydrogen-bond donors (Lipinski definition) is 1. The molecule has 9 heteroatoms. The largest absolute Gasteiger partial charge is 0.497 e. The molecule has 0 saturated carbocycles. The predicted octanol–water partition coefficient (Wildman–Crippen LogP) is 4.75. The van der Waals surface area contributed by atoms with E-state index in [-0.39, 0.29) is 16.8 Å². The molecule has 0 saturated heterocycles. The summed E-state index contributed by atoms with van der Waals surface area (Å²) < 4.78 is 38.5. The molecule has 1 heterocycles. The Hall–Kier alpha value is -3.23. The average molecular weight is 487 g/mol. The maximum Gasteiger partial charge on any atom is 0.264 e. The number of methoxy groups -OCH3 is 2. The Labute approximate surface area is 197 Å². The lowest BCUT2D eigenvalue weighted by Crippen LogP contribution is -2.35. The van der Waals surface area contributed by atoms with Crippen molar-refractivity contribution >= 4 is 38.9 Å². The summed E-state index contributed by atoms with van der Waals surface area (Å²) >= 11 is 5.91. The van der Waals surface area contributed by atoms with E-state index in [1.54, 1.807) is 55.6 Å². The van der Waals surface area contributed by atoms with Crippen LogP contribution in [0.4, 0.5) is 11.4 Å². The first kappa shape index (κ1) is 22.9. The highest BCUT2D eigenvalue weighted by atomic mass is 35.5. The zero-order valence-electron chi connectivity index (χ0n) is 18.3. The van der Waals surface area contributed by atoms with Crippen LogP contribution < -0.4 is 19.1 Å². The number of halogens is 1. The van der Waals surface area contributed by atoms with Crippen molar-refractivity contribution in [2.45, 2.75) is 24.3 Å². The van der Waals surface area contributed by atoms with E-state index in [1.165, 1.54) is 23.5 Å². The number of carbonyl (C=O) groups excluding carboxylic acids is 1. The number of amides is 1. The van der Waals surface area contributed by atoms with E-state index in [4.69, 9.17) is 21.1 Å². The number of carbonyl (C=O) groups is 1. The highest BCUT2D eigenvalue weighted by molar-refractivity contribution is 7.92. The molecule has 172 valence electrons. The van der Waals surface area contributed by atoms with Crippen molar-refractivity contribution in [1.29, 1.82) is 0 Å². The van der Waals surface area contributed by atoms with E-state index in [0.29, 0.717) is 39.9 Å². The molecule has 0 aromatic heterocycles.